The SMILES string of the molecule is CSc1ccccc1C(=O)c1ccc(C(F)(F)F)c(Cl)c1O. The average Bonchev–Trinajstić information content (AvgIpc) is 2.48. The van der Waals surface area contributed by atoms with Gasteiger partial charge in [0.1, 0.15) is 5.75 Å². The number of rotatable bonds is 3. The summed E-state index contributed by atoms with van der Waals surface area (Å²) in [4.78, 5) is 13.1. The highest BCUT2D eigenvalue weighted by Crippen LogP contribution is 2.41. The van der Waals surface area contributed by atoms with Crippen molar-refractivity contribution in [3.8, 4) is 5.75 Å². The maximum absolute atomic E-state index is 12.7. The van der Waals surface area contributed by atoms with Gasteiger partial charge in [-0.15, -0.1) is 11.8 Å². The Kier molecular flexibility index (Phi) is 4.72. The monoisotopic (exact) mass is 346 g/mol. The molecule has 0 fully saturated rings. The summed E-state index contributed by atoms with van der Waals surface area (Å²) in [6, 6.07) is 8.25. The second-order valence-corrected chi connectivity index (χ2v) is 5.58. The normalized spacial score (nSPS) is 11.5. The Bertz CT molecular complexity index is 729. The molecule has 0 amide bonds. The quantitative estimate of drug-likeness (QED) is 0.626. The number of hydrogen-bond donors (Lipinski definition) is 1. The molecule has 0 bridgehead atoms. The molecule has 7 heteroatoms. The largest absolute Gasteiger partial charge is 0.506 e. The Morgan fingerprint density at radius 3 is 2.36 bits per heavy atom. The summed E-state index contributed by atoms with van der Waals surface area (Å²) in [5, 5.41) is 9.00. The first kappa shape index (κ1) is 16.7. The van der Waals surface area contributed by atoms with Gasteiger partial charge in [0, 0.05) is 10.5 Å². The van der Waals surface area contributed by atoms with Crippen LogP contribution >= 0.6 is 23.4 Å². The highest BCUT2D eigenvalue weighted by molar-refractivity contribution is 7.98. The van der Waals surface area contributed by atoms with Crippen LogP contribution in [0.4, 0.5) is 13.2 Å². The van der Waals surface area contributed by atoms with Crippen LogP contribution in [-0.2, 0) is 6.18 Å². The van der Waals surface area contributed by atoms with Crippen LogP contribution in [0.3, 0.4) is 0 Å². The van der Waals surface area contributed by atoms with Crippen LogP contribution in [0.2, 0.25) is 5.02 Å². The topological polar surface area (TPSA) is 37.3 Å². The fraction of sp³-hybridized carbons (Fsp3) is 0.133. The van der Waals surface area contributed by atoms with Gasteiger partial charge >= 0.3 is 6.18 Å². The van der Waals surface area contributed by atoms with Gasteiger partial charge in [0.05, 0.1) is 16.1 Å². The van der Waals surface area contributed by atoms with Gasteiger partial charge in [-0.25, -0.2) is 0 Å². The lowest BCUT2D eigenvalue weighted by atomic mass is 10.0. The van der Waals surface area contributed by atoms with Gasteiger partial charge < -0.3 is 5.11 Å². The molecule has 0 aliphatic rings. The van der Waals surface area contributed by atoms with Crippen molar-refractivity contribution in [1.82, 2.24) is 0 Å². The zero-order chi connectivity index (χ0) is 16.5. The molecule has 22 heavy (non-hydrogen) atoms. The van der Waals surface area contributed by atoms with Crippen molar-refractivity contribution < 1.29 is 23.1 Å². The molecule has 2 rings (SSSR count). The predicted molar refractivity (Wildman–Crippen MR) is 79.8 cm³/mol. The molecular formula is C15H10ClF3O2S. The van der Waals surface area contributed by atoms with E-state index in [1.54, 1.807) is 30.5 Å². The van der Waals surface area contributed by atoms with Crippen LogP contribution in [-0.4, -0.2) is 17.1 Å². The van der Waals surface area contributed by atoms with Crippen LogP contribution in [0.25, 0.3) is 0 Å². The molecule has 1 N–H and O–H groups in total. The average molecular weight is 347 g/mol. The van der Waals surface area contributed by atoms with E-state index in [-0.39, 0.29) is 5.56 Å². The predicted octanol–water partition coefficient (Wildman–Crippen LogP) is 5.02. The van der Waals surface area contributed by atoms with E-state index in [0.717, 1.165) is 6.07 Å². The third-order valence-electron chi connectivity index (χ3n) is 3.02. The van der Waals surface area contributed by atoms with E-state index in [1.807, 2.05) is 0 Å². The standard InChI is InChI=1S/C15H10ClF3O2S/c1-22-11-5-3-2-4-8(11)13(20)9-6-7-10(15(17,18)19)12(16)14(9)21/h2-7,21H,1H3. The fourth-order valence-corrected chi connectivity index (χ4v) is 2.81. The van der Waals surface area contributed by atoms with Crippen molar-refractivity contribution in [3.05, 3.63) is 58.1 Å². The van der Waals surface area contributed by atoms with Crippen LogP contribution in [0.15, 0.2) is 41.3 Å². The van der Waals surface area contributed by atoms with Crippen molar-refractivity contribution in [2.45, 2.75) is 11.1 Å². The number of aromatic hydroxyl groups is 1. The molecule has 2 nitrogen and oxygen atoms in total. The van der Waals surface area contributed by atoms with Crippen molar-refractivity contribution in [3.63, 3.8) is 0 Å². The molecule has 0 aromatic heterocycles. The number of carbonyl (C=O) groups is 1. The summed E-state index contributed by atoms with van der Waals surface area (Å²) in [6.45, 7) is 0. The first-order valence-corrected chi connectivity index (χ1v) is 7.64. The van der Waals surface area contributed by atoms with Gasteiger partial charge in [-0.2, -0.15) is 13.2 Å². The minimum Gasteiger partial charge on any atom is -0.506 e. The number of benzene rings is 2. The number of thioether (sulfide) groups is 1. The van der Waals surface area contributed by atoms with E-state index in [0.29, 0.717) is 16.5 Å². The molecule has 0 aliphatic heterocycles. The lowest BCUT2D eigenvalue weighted by Crippen LogP contribution is -2.09. The van der Waals surface area contributed by atoms with E-state index in [2.05, 4.69) is 0 Å². The van der Waals surface area contributed by atoms with Gasteiger partial charge in [-0.3, -0.25) is 4.79 Å². The van der Waals surface area contributed by atoms with E-state index in [1.165, 1.54) is 11.8 Å². The van der Waals surface area contributed by atoms with E-state index in [4.69, 9.17) is 11.6 Å². The summed E-state index contributed by atoms with van der Waals surface area (Å²) in [6.07, 6.45) is -2.93. The highest BCUT2D eigenvalue weighted by atomic mass is 35.5. The fourth-order valence-electron chi connectivity index (χ4n) is 1.94. The third-order valence-corrected chi connectivity index (χ3v) is 4.20. The van der Waals surface area contributed by atoms with E-state index < -0.39 is 28.3 Å². The summed E-state index contributed by atoms with van der Waals surface area (Å²) in [7, 11) is 0. The van der Waals surface area contributed by atoms with Crippen molar-refractivity contribution >= 4 is 29.1 Å². The molecule has 0 aliphatic carbocycles. The van der Waals surface area contributed by atoms with Gasteiger partial charge in [-0.1, -0.05) is 23.7 Å². The number of phenolic OH excluding ortho intramolecular Hbond substituents is 1. The van der Waals surface area contributed by atoms with Crippen LogP contribution in [0.1, 0.15) is 21.5 Å². The smallest absolute Gasteiger partial charge is 0.417 e. The maximum Gasteiger partial charge on any atom is 0.417 e. The summed E-state index contributed by atoms with van der Waals surface area (Å²) in [5.74, 6) is -1.45. The van der Waals surface area contributed by atoms with Gasteiger partial charge in [0.2, 0.25) is 0 Å². The molecule has 2 aromatic rings. The van der Waals surface area contributed by atoms with Gasteiger partial charge in [0.25, 0.3) is 0 Å². The molecule has 0 spiro atoms. The minimum absolute atomic E-state index is 0.264. The van der Waals surface area contributed by atoms with Crippen molar-refractivity contribution in [2.24, 2.45) is 0 Å². The Hall–Kier alpha value is -1.66. The number of phenols is 1. The number of halogens is 4. The summed E-state index contributed by atoms with van der Waals surface area (Å²) < 4.78 is 38.2. The van der Waals surface area contributed by atoms with Crippen LogP contribution < -0.4 is 0 Å². The molecular weight excluding hydrogens is 337 g/mol. The second kappa shape index (κ2) is 6.22. The van der Waals surface area contributed by atoms with Crippen LogP contribution in [0.5, 0.6) is 5.75 Å². The minimum atomic E-state index is -4.70. The number of alkyl halides is 3. The lowest BCUT2D eigenvalue weighted by molar-refractivity contribution is -0.137. The molecule has 2 aromatic carbocycles. The first-order valence-electron chi connectivity index (χ1n) is 6.03. The number of carbonyl (C=O) groups excluding carboxylic acids is 1. The molecule has 0 heterocycles. The Morgan fingerprint density at radius 1 is 1.14 bits per heavy atom. The van der Waals surface area contributed by atoms with Crippen molar-refractivity contribution in [1.29, 1.82) is 0 Å². The maximum atomic E-state index is 12.7. The summed E-state index contributed by atoms with van der Waals surface area (Å²) >= 11 is 6.88. The molecule has 0 atom stereocenters. The first-order chi connectivity index (χ1) is 10.3. The van der Waals surface area contributed by atoms with Gasteiger partial charge in [0.15, 0.2) is 5.78 Å². The van der Waals surface area contributed by atoms with Gasteiger partial charge in [-0.05, 0) is 30.5 Å². The molecule has 0 radical (unpaired) electrons. The van der Waals surface area contributed by atoms with E-state index >= 15 is 0 Å². The summed E-state index contributed by atoms with van der Waals surface area (Å²) in [5.41, 5.74) is -1.15. The Balaban J connectivity index is 2.54. The molecule has 0 saturated carbocycles. The molecule has 0 saturated heterocycles. The third kappa shape index (κ3) is 3.08. The molecule has 116 valence electrons. The molecule has 0 unspecified atom stereocenters. The van der Waals surface area contributed by atoms with Crippen LogP contribution in [0, 0.1) is 0 Å². The van der Waals surface area contributed by atoms with E-state index in [9.17, 15) is 23.1 Å². The zero-order valence-electron chi connectivity index (χ0n) is 11.2. The highest BCUT2D eigenvalue weighted by Gasteiger charge is 2.35. The zero-order valence-corrected chi connectivity index (χ0v) is 12.8. The number of ketones is 1. The Morgan fingerprint density at radius 2 is 1.77 bits per heavy atom. The Labute approximate surface area is 133 Å². The van der Waals surface area contributed by atoms with Crippen molar-refractivity contribution in [2.75, 3.05) is 6.26 Å². The lowest BCUT2D eigenvalue weighted by Gasteiger charge is -2.13. The second-order valence-electron chi connectivity index (χ2n) is 4.35. The number of hydrogen-bond acceptors (Lipinski definition) is 3.